The molecule has 0 N–H and O–H groups in total. The Morgan fingerprint density at radius 2 is 0.333 bits per heavy atom. The van der Waals surface area contributed by atoms with E-state index in [2.05, 4.69) is 0 Å². The van der Waals surface area contributed by atoms with E-state index in [1.54, 1.807) is 0 Å². The fraction of sp³-hybridized carbons (Fsp3) is 1.00. The van der Waals surface area contributed by atoms with Gasteiger partial charge in [-0.3, -0.25) is 0 Å². The van der Waals surface area contributed by atoms with Gasteiger partial charge in [-0.05, 0) is 0 Å². The second-order valence-electron chi connectivity index (χ2n) is 0. The summed E-state index contributed by atoms with van der Waals surface area (Å²) < 4.78 is 0. The molecule has 0 rings (SSSR count). The lowest BCUT2D eigenvalue weighted by atomic mass is 12.0. The van der Waals surface area contributed by atoms with Crippen molar-refractivity contribution >= 4 is 96.7 Å². The van der Waals surface area contributed by atoms with Crippen molar-refractivity contribution in [2.24, 2.45) is 0 Å². The molecule has 9 heavy (non-hydrogen) atoms. The van der Waals surface area contributed by atoms with Crippen molar-refractivity contribution in [3.05, 3.63) is 0 Å². The van der Waals surface area contributed by atoms with Crippen LogP contribution in [0, 0.1) is 0 Å². The minimum Gasteiger partial charge on any atom is -0.147 e. The number of hydrogen-bond acceptors (Lipinski definition) is 0. The Bertz CT molecular complexity index is 8.88. The fourth-order valence-electron chi connectivity index (χ4n) is 0. The van der Waals surface area contributed by atoms with E-state index in [1.807, 2.05) is 0 Å². The second-order valence-corrected chi connectivity index (χ2v) is 0. The van der Waals surface area contributed by atoms with Crippen LogP contribution in [0.4, 0.5) is 0 Å². The van der Waals surface area contributed by atoms with E-state index in [0.717, 1.165) is 0 Å². The number of halogens is 7. The highest BCUT2D eigenvalue weighted by Gasteiger charge is 0.0000640. The van der Waals surface area contributed by atoms with Crippen molar-refractivity contribution < 1.29 is 0 Å². The molecule has 0 unspecified atom stereocenters. The summed E-state index contributed by atoms with van der Waals surface area (Å²) in [4.78, 5) is 0. The van der Waals surface area contributed by atoms with Crippen LogP contribution in [0.15, 0.2) is 0 Å². The van der Waals surface area contributed by atoms with Crippen molar-refractivity contribution in [1.82, 2.24) is 0 Å². The molecule has 0 heterocycles. The maximum absolute atomic E-state index is 0. The summed E-state index contributed by atoms with van der Waals surface area (Å²) in [5.41, 5.74) is 0. The van der Waals surface area contributed by atoms with E-state index >= 15 is 0 Å². The quantitative estimate of drug-likeness (QED) is 0.580. The summed E-state index contributed by atoms with van der Waals surface area (Å²) in [5, 5.41) is 0. The Morgan fingerprint density at radius 3 is 0.333 bits per heavy atom. The van der Waals surface area contributed by atoms with Crippen LogP contribution in [0.1, 0.15) is 7.43 Å². The summed E-state index contributed by atoms with van der Waals surface area (Å²) >= 11 is 0. The van der Waals surface area contributed by atoms with Gasteiger partial charge in [0, 0.05) is 9.90 Å². The monoisotopic (exact) mass is 299 g/mol. The van der Waals surface area contributed by atoms with Gasteiger partial charge in [0.05, 0.1) is 0 Å². The van der Waals surface area contributed by atoms with Gasteiger partial charge in [0.1, 0.15) is 0 Å². The van der Waals surface area contributed by atoms with E-state index < -0.39 is 0 Å². The maximum atomic E-state index is 0. The lowest BCUT2D eigenvalue weighted by molar-refractivity contribution is 2.50. The first-order chi connectivity index (χ1) is 0. The van der Waals surface area contributed by atoms with Crippen LogP contribution in [0.3, 0.4) is 0 Å². The normalized spacial score (nSPS) is 0. The molecule has 0 aromatic rings. The molecule has 0 fully saturated rings. The standard InChI is InChI=1S/CH4.7ClH.P/h1H4;7*1H;. The summed E-state index contributed by atoms with van der Waals surface area (Å²) in [6.07, 6.45) is 0. The molecule has 0 spiro atoms. The van der Waals surface area contributed by atoms with Gasteiger partial charge in [-0.25, -0.2) is 0 Å². The lowest BCUT2D eigenvalue weighted by Gasteiger charge is -0.148. The third-order valence-electron chi connectivity index (χ3n) is 0. The number of rotatable bonds is 0. The second kappa shape index (κ2) is 155. The molecule has 0 saturated heterocycles. The van der Waals surface area contributed by atoms with Gasteiger partial charge < -0.3 is 0 Å². The largest absolute Gasteiger partial charge is 0.147 e. The van der Waals surface area contributed by atoms with Crippen molar-refractivity contribution in [2.75, 3.05) is 0 Å². The zero-order chi connectivity index (χ0) is 0. The van der Waals surface area contributed by atoms with Crippen LogP contribution in [-0.2, 0) is 0 Å². The molecule has 0 aromatic heterocycles. The summed E-state index contributed by atoms with van der Waals surface area (Å²) in [6.45, 7) is 0. The predicted molar refractivity (Wildman–Crippen MR) is 64.4 cm³/mol. The average molecular weight is 302 g/mol. The Kier molecular flexibility index (Phi) is 3560. The third kappa shape index (κ3) is 124. The van der Waals surface area contributed by atoms with Crippen LogP contribution in [-0.4, -0.2) is 0 Å². The van der Waals surface area contributed by atoms with Crippen LogP contribution in [0.5, 0.6) is 0 Å². The van der Waals surface area contributed by atoms with Gasteiger partial charge in [0.25, 0.3) is 0 Å². The first-order valence-corrected chi connectivity index (χ1v) is 0. The van der Waals surface area contributed by atoms with Crippen molar-refractivity contribution in [1.29, 1.82) is 0 Å². The van der Waals surface area contributed by atoms with Crippen LogP contribution >= 0.6 is 96.7 Å². The van der Waals surface area contributed by atoms with Crippen molar-refractivity contribution in [2.45, 2.75) is 7.43 Å². The Labute approximate surface area is 104 Å². The third-order valence-corrected chi connectivity index (χ3v) is 0. The first kappa shape index (κ1) is 207. The van der Waals surface area contributed by atoms with E-state index in [9.17, 15) is 0 Å². The molecule has 0 aliphatic carbocycles. The Balaban J connectivity index is 0. The van der Waals surface area contributed by atoms with Crippen molar-refractivity contribution in [3.8, 4) is 0 Å². The highest BCUT2D eigenvalue weighted by Crippen LogP contribution is 0.861. The molecule has 0 amide bonds. The molecular formula is CH11Cl7P. The molecule has 0 nitrogen and oxygen atoms in total. The molecule has 8 heteroatoms. The van der Waals surface area contributed by atoms with Crippen LogP contribution < -0.4 is 0 Å². The van der Waals surface area contributed by atoms with Gasteiger partial charge in [-0.2, -0.15) is 0 Å². The molecule has 0 aliphatic heterocycles. The van der Waals surface area contributed by atoms with Gasteiger partial charge in [0.15, 0.2) is 0 Å². The molecule has 3 radical (unpaired) electrons. The molecule has 0 aromatic carbocycles. The topological polar surface area (TPSA) is 0 Å². The summed E-state index contributed by atoms with van der Waals surface area (Å²) in [6, 6.07) is 0. The van der Waals surface area contributed by atoms with E-state index in [0.29, 0.717) is 0 Å². The summed E-state index contributed by atoms with van der Waals surface area (Å²) in [7, 11) is 0. The van der Waals surface area contributed by atoms with Gasteiger partial charge in [0.2, 0.25) is 0 Å². The van der Waals surface area contributed by atoms with Crippen LogP contribution in [0.2, 0.25) is 0 Å². The average Bonchev–Trinajstić information content (AvgIpc) is 0. The lowest BCUT2D eigenvalue weighted by Crippen LogP contribution is 0.144. The van der Waals surface area contributed by atoms with Crippen molar-refractivity contribution in [3.63, 3.8) is 0 Å². The predicted octanol–water partition coefficient (Wildman–Crippen LogP) is 4.45. The molecule has 69 valence electrons. The van der Waals surface area contributed by atoms with Gasteiger partial charge in [-0.1, -0.05) is 7.43 Å². The van der Waals surface area contributed by atoms with E-state index in [-0.39, 0.29) is 104 Å². The fourth-order valence-corrected chi connectivity index (χ4v) is 0. The summed E-state index contributed by atoms with van der Waals surface area (Å²) in [5.74, 6) is 0. The molecule has 0 bridgehead atoms. The van der Waals surface area contributed by atoms with E-state index in [4.69, 9.17) is 0 Å². The Morgan fingerprint density at radius 1 is 0.333 bits per heavy atom. The highest BCUT2D eigenvalue weighted by molar-refractivity contribution is 6.92. The molecule has 0 aliphatic rings. The van der Waals surface area contributed by atoms with Crippen LogP contribution in [0.25, 0.3) is 0 Å². The minimum atomic E-state index is 0. The van der Waals surface area contributed by atoms with E-state index in [1.165, 1.54) is 0 Å². The smallest absolute Gasteiger partial charge is 0 e. The highest BCUT2D eigenvalue weighted by atomic mass is 35.5. The zero-order valence-electron chi connectivity index (χ0n) is 3.30. The first-order valence-electron chi connectivity index (χ1n) is 0. The number of hydrogen-bond donors (Lipinski definition) is 0. The zero-order valence-corrected chi connectivity index (χ0v) is 9.91. The molecule has 0 saturated carbocycles. The molecular weight excluding hydrogens is 291 g/mol. The maximum Gasteiger partial charge on any atom is 0 e. The SMILES string of the molecule is C.Cl.Cl.Cl.Cl.Cl.Cl.Cl.[P]. The van der Waals surface area contributed by atoms with Gasteiger partial charge in [-0.15, -0.1) is 86.8 Å². The molecule has 0 atom stereocenters. The minimum absolute atomic E-state index is 0. The Hall–Kier alpha value is 2.46. The van der Waals surface area contributed by atoms with Gasteiger partial charge >= 0.3 is 0 Å².